The molecule has 0 saturated heterocycles. The van der Waals surface area contributed by atoms with E-state index in [0.717, 1.165) is 0 Å². The molecule has 3 N–H and O–H groups in total. The highest BCUT2D eigenvalue weighted by molar-refractivity contribution is 5.29. The number of methoxy groups -OCH3 is 1. The third kappa shape index (κ3) is 1.61. The zero-order valence-electron chi connectivity index (χ0n) is 7.23. The lowest BCUT2D eigenvalue weighted by molar-refractivity contribution is -0.0205. The highest BCUT2D eigenvalue weighted by Crippen LogP contribution is 2.29. The molecular formula is C8H12O5. The van der Waals surface area contributed by atoms with Crippen molar-refractivity contribution in [3.8, 4) is 0 Å². The number of aliphatic hydroxyl groups is 3. The molecule has 0 aromatic heterocycles. The van der Waals surface area contributed by atoms with Crippen molar-refractivity contribution in [3.63, 3.8) is 0 Å². The first-order chi connectivity index (χ1) is 6.11. The minimum Gasteiger partial charge on any atom is -0.502 e. The number of ether oxygens (including phenoxy) is 2. The van der Waals surface area contributed by atoms with Crippen molar-refractivity contribution in [3.05, 3.63) is 23.9 Å². The van der Waals surface area contributed by atoms with Gasteiger partial charge in [0.15, 0.2) is 23.4 Å². The number of rotatable bonds is 3. The lowest BCUT2D eigenvalue weighted by Gasteiger charge is -2.17. The summed E-state index contributed by atoms with van der Waals surface area (Å²) in [6, 6.07) is 0. The summed E-state index contributed by atoms with van der Waals surface area (Å²) in [5.74, 6) is -0.0964. The van der Waals surface area contributed by atoms with E-state index in [-0.39, 0.29) is 17.3 Å². The quantitative estimate of drug-likeness (QED) is 0.565. The third-order valence-corrected chi connectivity index (χ3v) is 1.78. The predicted octanol–water partition coefficient (Wildman–Crippen LogP) is -0.332. The second kappa shape index (κ2) is 3.68. The normalized spacial score (nSPS) is 24.5. The van der Waals surface area contributed by atoms with Crippen LogP contribution in [-0.4, -0.2) is 41.2 Å². The Bertz CT molecular complexity index is 245. The van der Waals surface area contributed by atoms with Crippen LogP contribution < -0.4 is 0 Å². The molecule has 74 valence electrons. The Morgan fingerprint density at radius 1 is 1.69 bits per heavy atom. The topological polar surface area (TPSA) is 79.2 Å². The number of hydrogen-bond acceptors (Lipinski definition) is 5. The van der Waals surface area contributed by atoms with Gasteiger partial charge in [-0.05, 0) is 0 Å². The van der Waals surface area contributed by atoms with Crippen LogP contribution in [0.3, 0.4) is 0 Å². The Morgan fingerprint density at radius 3 is 2.77 bits per heavy atom. The van der Waals surface area contributed by atoms with E-state index in [4.69, 9.17) is 14.6 Å². The molecule has 1 heterocycles. The number of aliphatic hydroxyl groups excluding tert-OH is 3. The zero-order chi connectivity index (χ0) is 10.0. The molecule has 1 aliphatic rings. The summed E-state index contributed by atoms with van der Waals surface area (Å²) >= 11 is 0. The standard InChI is InChI=1S/C8H12O5/c1-4-6(11)8(12-2)7(13-4)5(10)3-9/h5,7,9-11H,1,3H2,2H3. The number of hydrogen-bond donors (Lipinski definition) is 3. The van der Waals surface area contributed by atoms with Crippen molar-refractivity contribution >= 4 is 0 Å². The van der Waals surface area contributed by atoms with Crippen molar-refractivity contribution in [2.24, 2.45) is 0 Å². The van der Waals surface area contributed by atoms with Crippen molar-refractivity contribution in [2.75, 3.05) is 13.7 Å². The first-order valence-corrected chi connectivity index (χ1v) is 3.73. The predicted molar refractivity (Wildman–Crippen MR) is 43.8 cm³/mol. The van der Waals surface area contributed by atoms with Gasteiger partial charge in [-0.1, -0.05) is 6.58 Å². The third-order valence-electron chi connectivity index (χ3n) is 1.78. The van der Waals surface area contributed by atoms with E-state index in [1.807, 2.05) is 0 Å². The monoisotopic (exact) mass is 188 g/mol. The van der Waals surface area contributed by atoms with Crippen LogP contribution >= 0.6 is 0 Å². The van der Waals surface area contributed by atoms with Gasteiger partial charge >= 0.3 is 0 Å². The highest BCUT2D eigenvalue weighted by Gasteiger charge is 2.36. The van der Waals surface area contributed by atoms with Gasteiger partial charge in [0.25, 0.3) is 0 Å². The molecule has 2 atom stereocenters. The summed E-state index contributed by atoms with van der Waals surface area (Å²) in [6.07, 6.45) is -2.00. The summed E-state index contributed by atoms with van der Waals surface area (Å²) in [7, 11) is 1.34. The molecule has 5 nitrogen and oxygen atoms in total. The van der Waals surface area contributed by atoms with Crippen molar-refractivity contribution in [1.29, 1.82) is 0 Å². The van der Waals surface area contributed by atoms with Gasteiger partial charge in [0.2, 0.25) is 0 Å². The van der Waals surface area contributed by atoms with Crippen LogP contribution in [0.15, 0.2) is 23.9 Å². The van der Waals surface area contributed by atoms with Crippen molar-refractivity contribution < 1.29 is 24.8 Å². The largest absolute Gasteiger partial charge is 0.502 e. The van der Waals surface area contributed by atoms with Gasteiger partial charge in [0.1, 0.15) is 6.10 Å². The summed E-state index contributed by atoms with van der Waals surface area (Å²) in [6.45, 7) is 2.92. The van der Waals surface area contributed by atoms with Crippen LogP contribution in [0.4, 0.5) is 0 Å². The van der Waals surface area contributed by atoms with Gasteiger partial charge in [-0.25, -0.2) is 0 Å². The summed E-state index contributed by atoms with van der Waals surface area (Å²) < 4.78 is 9.78. The molecule has 2 unspecified atom stereocenters. The molecule has 0 fully saturated rings. The van der Waals surface area contributed by atoms with E-state index in [1.165, 1.54) is 7.11 Å². The maximum absolute atomic E-state index is 9.31. The Labute approximate surface area is 75.5 Å². The molecule has 13 heavy (non-hydrogen) atoms. The second-order valence-corrected chi connectivity index (χ2v) is 2.63. The molecule has 0 bridgehead atoms. The summed E-state index contributed by atoms with van der Waals surface area (Å²) in [5, 5.41) is 27.2. The average Bonchev–Trinajstić information content (AvgIpc) is 2.42. The molecule has 0 saturated carbocycles. The smallest absolute Gasteiger partial charge is 0.199 e. The minimum atomic E-state index is -1.13. The van der Waals surface area contributed by atoms with Gasteiger partial charge in [-0.3, -0.25) is 0 Å². The van der Waals surface area contributed by atoms with E-state index in [2.05, 4.69) is 6.58 Å². The Hall–Kier alpha value is -1.20. The van der Waals surface area contributed by atoms with Crippen LogP contribution in [0, 0.1) is 0 Å². The second-order valence-electron chi connectivity index (χ2n) is 2.63. The van der Waals surface area contributed by atoms with Gasteiger partial charge in [-0.2, -0.15) is 0 Å². The fraction of sp³-hybridized carbons (Fsp3) is 0.500. The van der Waals surface area contributed by atoms with E-state index >= 15 is 0 Å². The lowest BCUT2D eigenvalue weighted by atomic mass is 10.2. The van der Waals surface area contributed by atoms with Crippen molar-refractivity contribution in [2.45, 2.75) is 12.2 Å². The molecule has 0 aromatic carbocycles. The SMILES string of the molecule is C=C1OC(C(O)CO)C(OC)=C1O. The van der Waals surface area contributed by atoms with Crippen LogP contribution in [0.2, 0.25) is 0 Å². The fourth-order valence-corrected chi connectivity index (χ4v) is 1.10. The maximum Gasteiger partial charge on any atom is 0.199 e. The molecule has 5 heteroatoms. The van der Waals surface area contributed by atoms with E-state index in [0.29, 0.717) is 0 Å². The van der Waals surface area contributed by atoms with Gasteiger partial charge in [0, 0.05) is 0 Å². The Balaban J connectivity index is 2.86. The molecule has 0 spiro atoms. The van der Waals surface area contributed by atoms with Crippen molar-refractivity contribution in [1.82, 2.24) is 0 Å². The van der Waals surface area contributed by atoms with E-state index < -0.39 is 18.8 Å². The Kier molecular flexibility index (Phi) is 2.79. The van der Waals surface area contributed by atoms with Gasteiger partial charge in [-0.15, -0.1) is 0 Å². The molecule has 0 amide bonds. The zero-order valence-corrected chi connectivity index (χ0v) is 7.23. The molecule has 1 aliphatic heterocycles. The lowest BCUT2D eigenvalue weighted by Crippen LogP contribution is -2.31. The molecule has 1 rings (SSSR count). The molecule has 0 radical (unpaired) electrons. The fourth-order valence-electron chi connectivity index (χ4n) is 1.10. The maximum atomic E-state index is 9.31. The van der Waals surface area contributed by atoms with Crippen LogP contribution in [0.25, 0.3) is 0 Å². The van der Waals surface area contributed by atoms with Gasteiger partial charge in [0.05, 0.1) is 13.7 Å². The Morgan fingerprint density at radius 2 is 2.31 bits per heavy atom. The average molecular weight is 188 g/mol. The van der Waals surface area contributed by atoms with E-state index in [1.54, 1.807) is 0 Å². The molecule has 0 aliphatic carbocycles. The van der Waals surface area contributed by atoms with Crippen LogP contribution in [0.5, 0.6) is 0 Å². The first-order valence-electron chi connectivity index (χ1n) is 3.73. The summed E-state index contributed by atoms with van der Waals surface area (Å²) in [5.41, 5.74) is 0. The van der Waals surface area contributed by atoms with Gasteiger partial charge < -0.3 is 24.8 Å². The van der Waals surface area contributed by atoms with Crippen LogP contribution in [0.1, 0.15) is 0 Å². The molecular weight excluding hydrogens is 176 g/mol. The van der Waals surface area contributed by atoms with E-state index in [9.17, 15) is 10.2 Å². The first kappa shape index (κ1) is 9.88. The molecule has 0 aromatic rings. The highest BCUT2D eigenvalue weighted by atomic mass is 16.6. The summed E-state index contributed by atoms with van der Waals surface area (Å²) in [4.78, 5) is 0. The van der Waals surface area contributed by atoms with Crippen LogP contribution in [-0.2, 0) is 9.47 Å². The minimum absolute atomic E-state index is 0.0364.